The van der Waals surface area contributed by atoms with E-state index in [4.69, 9.17) is 5.73 Å². The van der Waals surface area contributed by atoms with Crippen LogP contribution in [0.5, 0.6) is 0 Å². The maximum Gasteiger partial charge on any atom is 0.333 e. The Labute approximate surface area is 64.4 Å². The number of nitrogens with one attached hydrogen (secondary N) is 2. The van der Waals surface area contributed by atoms with E-state index < -0.39 is 6.03 Å². The molecule has 0 saturated heterocycles. The maximum absolute atomic E-state index is 10.2. The molecule has 1 aromatic heterocycles. The van der Waals surface area contributed by atoms with Crippen molar-refractivity contribution in [3.8, 4) is 0 Å². The molecule has 57 valence electrons. The Morgan fingerprint density at radius 1 is 1.55 bits per heavy atom. The van der Waals surface area contributed by atoms with Gasteiger partial charge in [-0.25, -0.2) is 10.5 Å². The summed E-state index contributed by atoms with van der Waals surface area (Å²) in [5.74, 6) is 0. The van der Waals surface area contributed by atoms with Gasteiger partial charge in [-0.15, -0.1) is 0 Å². The van der Waals surface area contributed by atoms with Crippen LogP contribution in [0.4, 0.5) is 4.79 Å². The van der Waals surface area contributed by atoms with E-state index in [0.29, 0.717) is 6.54 Å². The molecule has 0 aromatic carbocycles. The summed E-state index contributed by atoms with van der Waals surface area (Å²) >= 11 is 0. The van der Waals surface area contributed by atoms with Crippen LogP contribution in [-0.2, 0) is 6.54 Å². The van der Waals surface area contributed by atoms with Crippen molar-refractivity contribution in [3.05, 3.63) is 30.1 Å². The molecule has 4 nitrogen and oxygen atoms in total. The first-order valence-electron chi connectivity index (χ1n) is 3.17. The summed E-state index contributed by atoms with van der Waals surface area (Å²) < 4.78 is 0. The van der Waals surface area contributed by atoms with Crippen LogP contribution in [-0.4, -0.2) is 11.0 Å². The van der Waals surface area contributed by atoms with Crippen LogP contribution < -0.4 is 11.1 Å². The fourth-order valence-corrected chi connectivity index (χ4v) is 0.683. The molecule has 4 heteroatoms. The molecule has 2 amide bonds. The largest absolute Gasteiger partial charge is 0.333 e. The van der Waals surface area contributed by atoms with E-state index in [9.17, 15) is 4.79 Å². The fraction of sp³-hybridized carbons (Fsp3) is 0.143. The topological polar surface area (TPSA) is 65.8 Å². The van der Waals surface area contributed by atoms with Gasteiger partial charge in [0.25, 0.3) is 0 Å². The van der Waals surface area contributed by atoms with Crippen molar-refractivity contribution in [2.24, 2.45) is 0 Å². The average molecular weight is 150 g/mol. The minimum atomic E-state index is -0.762. The SMILES string of the molecule is [NH]C(=O)NCc1ccncc1. The molecule has 11 heavy (non-hydrogen) atoms. The summed E-state index contributed by atoms with van der Waals surface area (Å²) in [5, 5.41) is 2.36. The van der Waals surface area contributed by atoms with Crippen LogP contribution in [0.3, 0.4) is 0 Å². The Balaban J connectivity index is 2.45. The standard InChI is InChI=1S/C7H8N3O/c8-7(11)10-5-6-1-3-9-4-2-6/h1-4,8H,5H2,(H,10,11). The average Bonchev–Trinajstić information content (AvgIpc) is 2.03. The van der Waals surface area contributed by atoms with Crippen molar-refractivity contribution >= 4 is 6.03 Å². The quantitative estimate of drug-likeness (QED) is 0.669. The van der Waals surface area contributed by atoms with Gasteiger partial charge in [0.1, 0.15) is 0 Å². The van der Waals surface area contributed by atoms with Gasteiger partial charge in [-0.05, 0) is 17.7 Å². The molecule has 0 saturated carbocycles. The van der Waals surface area contributed by atoms with Gasteiger partial charge in [-0.3, -0.25) is 4.98 Å². The summed E-state index contributed by atoms with van der Waals surface area (Å²) in [6, 6.07) is 2.81. The third-order valence-corrected chi connectivity index (χ3v) is 1.20. The van der Waals surface area contributed by atoms with Crippen molar-refractivity contribution in [3.63, 3.8) is 0 Å². The van der Waals surface area contributed by atoms with E-state index in [2.05, 4.69) is 10.3 Å². The lowest BCUT2D eigenvalue weighted by molar-refractivity contribution is 0.247. The minimum absolute atomic E-state index is 0.394. The number of carbonyl (C=O) groups excluding carboxylic acids is 1. The third-order valence-electron chi connectivity index (χ3n) is 1.20. The monoisotopic (exact) mass is 150 g/mol. The Morgan fingerprint density at radius 2 is 2.18 bits per heavy atom. The van der Waals surface area contributed by atoms with E-state index in [0.717, 1.165) is 5.56 Å². The van der Waals surface area contributed by atoms with E-state index in [1.54, 1.807) is 24.5 Å². The number of hydrogen-bond donors (Lipinski definition) is 1. The van der Waals surface area contributed by atoms with E-state index in [1.807, 2.05) is 0 Å². The van der Waals surface area contributed by atoms with E-state index in [-0.39, 0.29) is 0 Å². The molecule has 0 bridgehead atoms. The van der Waals surface area contributed by atoms with Gasteiger partial charge in [0.05, 0.1) is 0 Å². The van der Waals surface area contributed by atoms with Crippen molar-refractivity contribution in [2.45, 2.75) is 6.54 Å². The van der Waals surface area contributed by atoms with Crippen molar-refractivity contribution in [1.82, 2.24) is 16.0 Å². The molecule has 1 rings (SSSR count). The van der Waals surface area contributed by atoms with Crippen LogP contribution in [0.1, 0.15) is 5.56 Å². The highest BCUT2D eigenvalue weighted by atomic mass is 16.2. The highest BCUT2D eigenvalue weighted by Gasteiger charge is 1.92. The summed E-state index contributed by atoms with van der Waals surface area (Å²) in [6.45, 7) is 0.394. The predicted octanol–water partition coefficient (Wildman–Crippen LogP) is 0.574. The first-order valence-corrected chi connectivity index (χ1v) is 3.17. The first kappa shape index (κ1) is 7.53. The van der Waals surface area contributed by atoms with E-state index in [1.165, 1.54) is 0 Å². The Hall–Kier alpha value is -1.58. The fourth-order valence-electron chi connectivity index (χ4n) is 0.683. The number of nitrogens with zero attached hydrogens (tertiary/aromatic N) is 1. The van der Waals surface area contributed by atoms with Gasteiger partial charge in [-0.2, -0.15) is 0 Å². The zero-order valence-corrected chi connectivity index (χ0v) is 5.87. The summed E-state index contributed by atoms with van der Waals surface area (Å²) in [4.78, 5) is 14.0. The molecule has 0 spiro atoms. The lowest BCUT2D eigenvalue weighted by Crippen LogP contribution is -2.21. The molecule has 2 N–H and O–H groups in total. The van der Waals surface area contributed by atoms with Crippen LogP contribution in [0.2, 0.25) is 0 Å². The molecule has 0 unspecified atom stereocenters. The number of carbonyl (C=O) groups is 1. The van der Waals surface area contributed by atoms with Gasteiger partial charge in [0.15, 0.2) is 0 Å². The normalized spacial score (nSPS) is 9.09. The number of urea groups is 1. The Bertz CT molecular complexity index is 235. The van der Waals surface area contributed by atoms with Gasteiger partial charge in [0.2, 0.25) is 0 Å². The molecular weight excluding hydrogens is 142 g/mol. The highest BCUT2D eigenvalue weighted by molar-refractivity contribution is 5.70. The zero-order chi connectivity index (χ0) is 8.10. The van der Waals surface area contributed by atoms with Crippen LogP contribution in [0.15, 0.2) is 24.5 Å². The molecule has 1 heterocycles. The summed E-state index contributed by atoms with van der Waals surface area (Å²) in [5.41, 5.74) is 7.51. The van der Waals surface area contributed by atoms with Gasteiger partial charge in [0, 0.05) is 18.9 Å². The van der Waals surface area contributed by atoms with Crippen LogP contribution in [0, 0.1) is 0 Å². The molecule has 0 aliphatic carbocycles. The second kappa shape index (κ2) is 3.55. The number of aromatic nitrogens is 1. The second-order valence-corrected chi connectivity index (χ2v) is 2.04. The number of amides is 2. The minimum Gasteiger partial charge on any atom is -0.333 e. The lowest BCUT2D eigenvalue weighted by Gasteiger charge is -1.98. The Kier molecular flexibility index (Phi) is 2.43. The predicted molar refractivity (Wildman–Crippen MR) is 39.6 cm³/mol. The van der Waals surface area contributed by atoms with Gasteiger partial charge >= 0.3 is 6.03 Å². The first-order chi connectivity index (χ1) is 5.29. The summed E-state index contributed by atoms with van der Waals surface area (Å²) in [7, 11) is 0. The van der Waals surface area contributed by atoms with Crippen LogP contribution in [0.25, 0.3) is 0 Å². The lowest BCUT2D eigenvalue weighted by atomic mass is 10.3. The van der Waals surface area contributed by atoms with Crippen molar-refractivity contribution in [1.29, 1.82) is 0 Å². The number of rotatable bonds is 2. The molecular formula is C7H8N3O. The van der Waals surface area contributed by atoms with Crippen molar-refractivity contribution < 1.29 is 4.79 Å². The number of pyridine rings is 1. The highest BCUT2D eigenvalue weighted by Crippen LogP contribution is 1.93. The maximum atomic E-state index is 10.2. The molecule has 1 radical (unpaired) electrons. The zero-order valence-electron chi connectivity index (χ0n) is 5.87. The van der Waals surface area contributed by atoms with Crippen LogP contribution >= 0.6 is 0 Å². The molecule has 0 atom stereocenters. The van der Waals surface area contributed by atoms with Gasteiger partial charge < -0.3 is 5.32 Å². The van der Waals surface area contributed by atoms with Gasteiger partial charge in [-0.1, -0.05) is 0 Å². The third kappa shape index (κ3) is 2.66. The Morgan fingerprint density at radius 3 is 2.73 bits per heavy atom. The van der Waals surface area contributed by atoms with E-state index >= 15 is 0 Å². The molecule has 0 aliphatic heterocycles. The summed E-state index contributed by atoms with van der Waals surface area (Å²) in [6.07, 6.45) is 3.29. The molecule has 1 aromatic rings. The smallest absolute Gasteiger partial charge is 0.333 e. The second-order valence-electron chi connectivity index (χ2n) is 2.04. The molecule has 0 fully saturated rings. The number of hydrogen-bond acceptors (Lipinski definition) is 2. The van der Waals surface area contributed by atoms with Crippen molar-refractivity contribution in [2.75, 3.05) is 0 Å². The molecule has 0 aliphatic rings.